The van der Waals surface area contributed by atoms with E-state index in [9.17, 15) is 0 Å². The summed E-state index contributed by atoms with van der Waals surface area (Å²) in [6.07, 6.45) is 20.4. The molecule has 2 rings (SSSR count). The highest BCUT2D eigenvalue weighted by atomic mass is 16.0. The summed E-state index contributed by atoms with van der Waals surface area (Å²) in [5.74, 6) is 0.530. The fraction of sp³-hybridized carbons (Fsp3) is 0.250. The molecule has 4 N–H and O–H groups in total. The maximum Gasteiger partial charge on any atom is 0.00866 e. The van der Waals surface area contributed by atoms with Gasteiger partial charge in [0.1, 0.15) is 0 Å². The lowest BCUT2D eigenvalue weighted by Gasteiger charge is -2.20. The number of allylic oxidation sites excluding steroid dienone is 13. The van der Waals surface area contributed by atoms with Crippen molar-refractivity contribution in [2.75, 3.05) is 0 Å². The van der Waals surface area contributed by atoms with Gasteiger partial charge in [-0.15, -0.1) is 0 Å². The van der Waals surface area contributed by atoms with Crippen LogP contribution in [-0.4, -0.2) is 11.0 Å². The molecule has 0 aromatic rings. The summed E-state index contributed by atoms with van der Waals surface area (Å²) in [6, 6.07) is 0. The average Bonchev–Trinajstić information content (AvgIpc) is 2.54. The fourth-order valence-corrected chi connectivity index (χ4v) is 2.31. The summed E-state index contributed by atoms with van der Waals surface area (Å²) in [5.41, 5.74) is 7.61. The Labute approximate surface area is 160 Å². The standard InChI is InChI=1S/C19H22.C5H8.2H2O/c1-14(2)8-10-17-13-19(11-9-16(17)4)18-7-5-6-15(3)12-18;1-4-5(2)3;;/h5-12,15H,1,13H2,2-4H3;4H,1-2H2,3H3;2*1H2/b10-8+;;;. The summed E-state index contributed by atoms with van der Waals surface area (Å²) < 4.78 is 0. The Kier molecular flexibility index (Phi) is 13.1. The summed E-state index contributed by atoms with van der Waals surface area (Å²) in [5, 5.41) is 0. The highest BCUT2D eigenvalue weighted by molar-refractivity contribution is 5.53. The molecule has 142 valence electrons. The van der Waals surface area contributed by atoms with Gasteiger partial charge < -0.3 is 11.0 Å². The van der Waals surface area contributed by atoms with E-state index in [2.05, 4.69) is 82.9 Å². The van der Waals surface area contributed by atoms with Gasteiger partial charge in [0.05, 0.1) is 0 Å². The Morgan fingerprint density at radius 3 is 2.27 bits per heavy atom. The molecule has 0 aliphatic heterocycles. The maximum atomic E-state index is 3.92. The second-order valence-corrected chi connectivity index (χ2v) is 6.51. The van der Waals surface area contributed by atoms with Gasteiger partial charge in [-0.1, -0.05) is 85.9 Å². The molecule has 0 aromatic carbocycles. The van der Waals surface area contributed by atoms with Gasteiger partial charge in [-0.2, -0.15) is 0 Å². The Bertz CT molecular complexity index is 652. The van der Waals surface area contributed by atoms with Crippen molar-refractivity contribution >= 4 is 0 Å². The van der Waals surface area contributed by atoms with E-state index in [1.807, 2.05) is 13.8 Å². The zero-order chi connectivity index (χ0) is 18.1. The number of hydrogen-bond donors (Lipinski definition) is 0. The van der Waals surface area contributed by atoms with Gasteiger partial charge in [0, 0.05) is 6.42 Å². The van der Waals surface area contributed by atoms with E-state index in [1.54, 1.807) is 6.08 Å². The van der Waals surface area contributed by atoms with Crippen molar-refractivity contribution in [3.05, 3.63) is 109 Å². The first-order valence-electron chi connectivity index (χ1n) is 8.42. The molecule has 0 heterocycles. The van der Waals surface area contributed by atoms with E-state index in [-0.39, 0.29) is 11.0 Å². The van der Waals surface area contributed by atoms with E-state index < -0.39 is 0 Å². The van der Waals surface area contributed by atoms with Crippen LogP contribution < -0.4 is 0 Å². The van der Waals surface area contributed by atoms with E-state index in [0.29, 0.717) is 5.92 Å². The Morgan fingerprint density at radius 2 is 1.77 bits per heavy atom. The molecule has 0 aromatic heterocycles. The molecule has 0 saturated carbocycles. The third-order valence-electron chi connectivity index (χ3n) is 3.84. The van der Waals surface area contributed by atoms with Crippen molar-refractivity contribution in [3.8, 4) is 0 Å². The minimum Gasteiger partial charge on any atom is -0.412 e. The van der Waals surface area contributed by atoms with Crippen LogP contribution in [0.5, 0.6) is 0 Å². The highest BCUT2D eigenvalue weighted by Gasteiger charge is 2.14. The van der Waals surface area contributed by atoms with Crippen LogP contribution in [0, 0.1) is 18.8 Å². The molecule has 0 amide bonds. The molecule has 26 heavy (non-hydrogen) atoms. The Morgan fingerprint density at radius 1 is 1.15 bits per heavy atom. The quantitative estimate of drug-likeness (QED) is 0.606. The molecule has 0 fully saturated rings. The van der Waals surface area contributed by atoms with Gasteiger partial charge in [-0.3, -0.25) is 0 Å². The van der Waals surface area contributed by atoms with Gasteiger partial charge in [0.25, 0.3) is 0 Å². The minimum atomic E-state index is 0. The first-order chi connectivity index (χ1) is 11.3. The Balaban J connectivity index is 0. The predicted molar refractivity (Wildman–Crippen MR) is 117 cm³/mol. The predicted octanol–water partition coefficient (Wildman–Crippen LogP) is 5.41. The SMILES string of the molecule is C=C(C)/C=C/C1=C(C)[CH]C=C(C2=CC(C)[CH]C=C2)C1.C=CC(=C)C.O.O. The van der Waals surface area contributed by atoms with Gasteiger partial charge in [-0.05, 0) is 56.3 Å². The lowest BCUT2D eigenvalue weighted by molar-refractivity contribution is 0.823. The third-order valence-corrected chi connectivity index (χ3v) is 3.84. The zero-order valence-corrected chi connectivity index (χ0v) is 16.6. The Hall–Kier alpha value is -2.16. The normalized spacial score (nSPS) is 18.5. The van der Waals surface area contributed by atoms with Crippen molar-refractivity contribution in [1.29, 1.82) is 0 Å². The topological polar surface area (TPSA) is 63.0 Å². The van der Waals surface area contributed by atoms with Crippen molar-refractivity contribution in [1.82, 2.24) is 0 Å². The van der Waals surface area contributed by atoms with Crippen LogP contribution in [-0.2, 0) is 0 Å². The van der Waals surface area contributed by atoms with Crippen LogP contribution in [0.2, 0.25) is 0 Å². The van der Waals surface area contributed by atoms with E-state index in [1.165, 1.54) is 22.3 Å². The molecule has 2 heteroatoms. The fourth-order valence-electron chi connectivity index (χ4n) is 2.31. The van der Waals surface area contributed by atoms with E-state index in [0.717, 1.165) is 17.6 Å². The zero-order valence-electron chi connectivity index (χ0n) is 16.6. The molecule has 0 saturated heterocycles. The molecule has 1 unspecified atom stereocenters. The molecular formula is C24H34O2. The van der Waals surface area contributed by atoms with Crippen molar-refractivity contribution < 1.29 is 11.0 Å². The van der Waals surface area contributed by atoms with Crippen molar-refractivity contribution in [3.63, 3.8) is 0 Å². The summed E-state index contributed by atoms with van der Waals surface area (Å²) in [7, 11) is 0. The summed E-state index contributed by atoms with van der Waals surface area (Å²) >= 11 is 0. The highest BCUT2D eigenvalue weighted by Crippen LogP contribution is 2.32. The molecule has 2 aliphatic carbocycles. The van der Waals surface area contributed by atoms with Crippen LogP contribution in [0.15, 0.2) is 95.7 Å². The minimum absolute atomic E-state index is 0. The van der Waals surface area contributed by atoms with Crippen molar-refractivity contribution in [2.45, 2.75) is 34.1 Å². The first kappa shape index (κ1) is 26.1. The molecule has 2 aliphatic rings. The van der Waals surface area contributed by atoms with E-state index in [4.69, 9.17) is 0 Å². The van der Waals surface area contributed by atoms with Crippen LogP contribution >= 0.6 is 0 Å². The van der Waals surface area contributed by atoms with E-state index >= 15 is 0 Å². The third kappa shape index (κ3) is 9.36. The number of rotatable bonds is 4. The summed E-state index contributed by atoms with van der Waals surface area (Å²) in [6.45, 7) is 19.3. The average molecular weight is 355 g/mol. The monoisotopic (exact) mass is 354 g/mol. The molecule has 1 atom stereocenters. The lowest BCUT2D eigenvalue weighted by Crippen LogP contribution is -2.03. The second-order valence-electron chi connectivity index (χ2n) is 6.51. The van der Waals surface area contributed by atoms with Crippen LogP contribution in [0.1, 0.15) is 34.1 Å². The molecule has 2 radical (unpaired) electrons. The van der Waals surface area contributed by atoms with Gasteiger partial charge in [0.2, 0.25) is 0 Å². The second kappa shape index (κ2) is 13.1. The molecule has 2 nitrogen and oxygen atoms in total. The maximum absolute atomic E-state index is 3.92. The molecular weight excluding hydrogens is 320 g/mol. The molecule has 0 spiro atoms. The van der Waals surface area contributed by atoms with Gasteiger partial charge >= 0.3 is 0 Å². The first-order valence-corrected chi connectivity index (χ1v) is 8.42. The van der Waals surface area contributed by atoms with Crippen LogP contribution in [0.3, 0.4) is 0 Å². The molecule has 0 bridgehead atoms. The van der Waals surface area contributed by atoms with Crippen LogP contribution in [0.4, 0.5) is 0 Å². The van der Waals surface area contributed by atoms with Gasteiger partial charge in [-0.25, -0.2) is 0 Å². The van der Waals surface area contributed by atoms with Crippen molar-refractivity contribution in [2.24, 2.45) is 5.92 Å². The van der Waals surface area contributed by atoms with Crippen LogP contribution in [0.25, 0.3) is 0 Å². The lowest BCUT2D eigenvalue weighted by atomic mass is 9.85. The number of hydrogen-bond acceptors (Lipinski definition) is 0. The largest absolute Gasteiger partial charge is 0.412 e. The summed E-state index contributed by atoms with van der Waals surface area (Å²) in [4.78, 5) is 0. The van der Waals surface area contributed by atoms with Gasteiger partial charge in [0.15, 0.2) is 0 Å². The smallest absolute Gasteiger partial charge is 0.00866 e.